The Balaban J connectivity index is 1.59. The fourth-order valence-electron chi connectivity index (χ4n) is 2.64. The van der Waals surface area contributed by atoms with Gasteiger partial charge in [-0.3, -0.25) is 9.88 Å². The van der Waals surface area contributed by atoms with Crippen LogP contribution in [0.3, 0.4) is 0 Å². The highest BCUT2D eigenvalue weighted by molar-refractivity contribution is 9.10. The van der Waals surface area contributed by atoms with Crippen LogP contribution in [-0.2, 0) is 6.54 Å². The van der Waals surface area contributed by atoms with Crippen LogP contribution in [0, 0.1) is 13.8 Å². The van der Waals surface area contributed by atoms with Crippen molar-refractivity contribution in [3.05, 3.63) is 40.3 Å². The number of hydrogen-bond donors (Lipinski definition) is 0. The topological polar surface area (TPSA) is 58.0 Å². The Bertz CT molecular complexity index is 617. The molecule has 1 aliphatic rings. The molecular formula is C15H19BrN6. The van der Waals surface area contributed by atoms with Gasteiger partial charge in [0.15, 0.2) is 0 Å². The largest absolute Gasteiger partial charge is 0.354 e. The van der Waals surface area contributed by atoms with Crippen LogP contribution in [-0.4, -0.2) is 51.0 Å². The number of piperazine rings is 1. The van der Waals surface area contributed by atoms with Gasteiger partial charge in [-0.1, -0.05) is 0 Å². The Hall–Kier alpha value is -1.60. The summed E-state index contributed by atoms with van der Waals surface area (Å²) >= 11 is 3.31. The van der Waals surface area contributed by atoms with Crippen molar-refractivity contribution in [2.24, 2.45) is 0 Å². The van der Waals surface area contributed by atoms with Gasteiger partial charge in [0.05, 0.1) is 18.1 Å². The molecule has 0 aliphatic carbocycles. The molecule has 22 heavy (non-hydrogen) atoms. The van der Waals surface area contributed by atoms with E-state index in [0.29, 0.717) is 0 Å². The zero-order valence-electron chi connectivity index (χ0n) is 12.8. The fraction of sp³-hybridized carbons (Fsp3) is 0.467. The SMILES string of the molecule is Cc1cc(N2CCN(Cc3cnc(Br)cn3)CC2)nc(C)n1. The van der Waals surface area contributed by atoms with Gasteiger partial charge in [-0.15, -0.1) is 0 Å². The molecule has 6 nitrogen and oxygen atoms in total. The molecule has 0 spiro atoms. The van der Waals surface area contributed by atoms with Crippen molar-refractivity contribution in [3.8, 4) is 0 Å². The summed E-state index contributed by atoms with van der Waals surface area (Å²) in [5.74, 6) is 1.87. The van der Waals surface area contributed by atoms with Crippen molar-refractivity contribution >= 4 is 21.7 Å². The first kappa shape index (κ1) is 15.3. The van der Waals surface area contributed by atoms with Gasteiger partial charge in [0.1, 0.15) is 16.2 Å². The molecule has 1 fully saturated rings. The summed E-state index contributed by atoms with van der Waals surface area (Å²) in [5.41, 5.74) is 2.03. The maximum atomic E-state index is 4.55. The number of nitrogens with zero attached hydrogens (tertiary/aromatic N) is 6. The molecule has 116 valence electrons. The average Bonchev–Trinajstić information content (AvgIpc) is 2.49. The van der Waals surface area contributed by atoms with E-state index in [0.717, 1.165) is 60.4 Å². The van der Waals surface area contributed by atoms with Gasteiger partial charge < -0.3 is 4.90 Å². The standard InChI is InChI=1S/C15H19BrN6/c1-11-7-15(20-12(2)19-11)22-5-3-21(4-6-22)10-13-8-18-14(16)9-17-13/h7-9H,3-6,10H2,1-2H3. The van der Waals surface area contributed by atoms with Gasteiger partial charge in [0, 0.05) is 44.5 Å². The quantitative estimate of drug-likeness (QED) is 0.831. The third-order valence-corrected chi connectivity index (χ3v) is 4.12. The molecule has 0 N–H and O–H groups in total. The van der Waals surface area contributed by atoms with E-state index in [4.69, 9.17) is 0 Å². The highest BCUT2D eigenvalue weighted by atomic mass is 79.9. The van der Waals surface area contributed by atoms with E-state index in [1.54, 1.807) is 6.20 Å². The van der Waals surface area contributed by atoms with E-state index in [1.165, 1.54) is 0 Å². The Kier molecular flexibility index (Phi) is 4.63. The van der Waals surface area contributed by atoms with Crippen LogP contribution in [0.25, 0.3) is 0 Å². The predicted molar refractivity (Wildman–Crippen MR) is 88.7 cm³/mol. The van der Waals surface area contributed by atoms with Crippen LogP contribution in [0.5, 0.6) is 0 Å². The monoisotopic (exact) mass is 362 g/mol. The number of rotatable bonds is 3. The summed E-state index contributed by atoms with van der Waals surface area (Å²) in [6.07, 6.45) is 3.58. The summed E-state index contributed by atoms with van der Waals surface area (Å²) in [7, 11) is 0. The first-order chi connectivity index (χ1) is 10.6. The molecule has 0 amide bonds. The third kappa shape index (κ3) is 3.78. The second-order valence-corrected chi connectivity index (χ2v) is 6.32. The molecule has 2 aromatic rings. The van der Waals surface area contributed by atoms with Crippen molar-refractivity contribution in [3.63, 3.8) is 0 Å². The summed E-state index contributed by atoms with van der Waals surface area (Å²) in [4.78, 5) is 22.2. The van der Waals surface area contributed by atoms with Gasteiger partial charge in [-0.2, -0.15) is 0 Å². The normalized spacial score (nSPS) is 16.0. The molecule has 1 aliphatic heterocycles. The molecule has 0 atom stereocenters. The van der Waals surface area contributed by atoms with E-state index in [9.17, 15) is 0 Å². The van der Waals surface area contributed by atoms with Crippen molar-refractivity contribution < 1.29 is 0 Å². The van der Waals surface area contributed by atoms with Crippen LogP contribution in [0.15, 0.2) is 23.1 Å². The summed E-state index contributed by atoms with van der Waals surface area (Å²) in [6.45, 7) is 8.74. The molecular weight excluding hydrogens is 344 g/mol. The maximum Gasteiger partial charge on any atom is 0.132 e. The number of hydrogen-bond acceptors (Lipinski definition) is 6. The number of anilines is 1. The highest BCUT2D eigenvalue weighted by Gasteiger charge is 2.19. The van der Waals surface area contributed by atoms with E-state index in [-0.39, 0.29) is 0 Å². The number of halogens is 1. The third-order valence-electron chi connectivity index (χ3n) is 3.71. The van der Waals surface area contributed by atoms with E-state index in [1.807, 2.05) is 20.0 Å². The van der Waals surface area contributed by atoms with Crippen LogP contribution in [0.2, 0.25) is 0 Å². The molecule has 0 bridgehead atoms. The molecule has 0 unspecified atom stereocenters. The molecule has 2 aromatic heterocycles. The van der Waals surface area contributed by atoms with Crippen molar-refractivity contribution in [1.29, 1.82) is 0 Å². The molecule has 3 rings (SSSR count). The van der Waals surface area contributed by atoms with Gasteiger partial charge in [-0.05, 0) is 29.8 Å². The highest BCUT2D eigenvalue weighted by Crippen LogP contribution is 2.16. The Labute approximate surface area is 138 Å². The summed E-state index contributed by atoms with van der Waals surface area (Å²) < 4.78 is 0.774. The van der Waals surface area contributed by atoms with Crippen LogP contribution < -0.4 is 4.90 Å². The van der Waals surface area contributed by atoms with E-state index in [2.05, 4.69) is 51.7 Å². The zero-order valence-corrected chi connectivity index (χ0v) is 14.4. The zero-order chi connectivity index (χ0) is 15.5. The Morgan fingerprint density at radius 2 is 1.82 bits per heavy atom. The van der Waals surface area contributed by atoms with E-state index < -0.39 is 0 Å². The minimum Gasteiger partial charge on any atom is -0.354 e. The van der Waals surface area contributed by atoms with Gasteiger partial charge in [0.25, 0.3) is 0 Å². The predicted octanol–water partition coefficient (Wildman–Crippen LogP) is 1.97. The van der Waals surface area contributed by atoms with Crippen LogP contribution in [0.4, 0.5) is 5.82 Å². The number of aryl methyl sites for hydroxylation is 2. The van der Waals surface area contributed by atoms with Crippen molar-refractivity contribution in [2.75, 3.05) is 31.1 Å². The maximum absolute atomic E-state index is 4.55. The van der Waals surface area contributed by atoms with Gasteiger partial charge in [-0.25, -0.2) is 15.0 Å². The second kappa shape index (κ2) is 6.66. The lowest BCUT2D eigenvalue weighted by atomic mass is 10.2. The van der Waals surface area contributed by atoms with Crippen molar-refractivity contribution in [2.45, 2.75) is 20.4 Å². The minimum atomic E-state index is 0.774. The summed E-state index contributed by atoms with van der Waals surface area (Å²) in [6, 6.07) is 2.06. The van der Waals surface area contributed by atoms with E-state index >= 15 is 0 Å². The molecule has 3 heterocycles. The first-order valence-electron chi connectivity index (χ1n) is 7.36. The Morgan fingerprint density at radius 1 is 1.05 bits per heavy atom. The lowest BCUT2D eigenvalue weighted by molar-refractivity contribution is 0.246. The van der Waals surface area contributed by atoms with Crippen molar-refractivity contribution in [1.82, 2.24) is 24.8 Å². The molecule has 0 aromatic carbocycles. The van der Waals surface area contributed by atoms with Gasteiger partial charge in [0.2, 0.25) is 0 Å². The van der Waals surface area contributed by atoms with Gasteiger partial charge >= 0.3 is 0 Å². The lowest BCUT2D eigenvalue weighted by Gasteiger charge is -2.35. The Morgan fingerprint density at radius 3 is 2.45 bits per heavy atom. The average molecular weight is 363 g/mol. The lowest BCUT2D eigenvalue weighted by Crippen LogP contribution is -2.46. The second-order valence-electron chi connectivity index (χ2n) is 5.51. The molecule has 7 heteroatoms. The first-order valence-corrected chi connectivity index (χ1v) is 8.15. The fourth-order valence-corrected chi connectivity index (χ4v) is 2.85. The minimum absolute atomic E-state index is 0.774. The van der Waals surface area contributed by atoms with Crippen LogP contribution >= 0.6 is 15.9 Å². The molecule has 0 saturated carbocycles. The number of aromatic nitrogens is 4. The molecule has 0 radical (unpaired) electrons. The molecule has 1 saturated heterocycles. The van der Waals surface area contributed by atoms with Crippen LogP contribution in [0.1, 0.15) is 17.2 Å². The summed E-state index contributed by atoms with van der Waals surface area (Å²) in [5, 5.41) is 0. The smallest absolute Gasteiger partial charge is 0.132 e.